The summed E-state index contributed by atoms with van der Waals surface area (Å²) >= 11 is 1.25. The molecule has 0 aliphatic heterocycles. The first-order valence-electron chi connectivity index (χ1n) is 7.07. The first kappa shape index (κ1) is 17.0. The number of thiophene rings is 1. The van der Waals surface area contributed by atoms with Gasteiger partial charge in [-0.05, 0) is 46.8 Å². The van der Waals surface area contributed by atoms with Gasteiger partial charge in [0.2, 0.25) is 0 Å². The Labute approximate surface area is 144 Å². The second-order valence-corrected chi connectivity index (χ2v) is 5.87. The molecule has 8 heteroatoms. The summed E-state index contributed by atoms with van der Waals surface area (Å²) in [4.78, 5) is 16.6. The second kappa shape index (κ2) is 6.94. The van der Waals surface area contributed by atoms with Crippen LogP contribution >= 0.6 is 11.3 Å². The van der Waals surface area contributed by atoms with Crippen LogP contribution in [-0.4, -0.2) is 17.3 Å². The zero-order valence-corrected chi connectivity index (χ0v) is 13.4. The first-order valence-corrected chi connectivity index (χ1v) is 7.95. The van der Waals surface area contributed by atoms with Crippen LogP contribution < -0.4 is 10.1 Å². The van der Waals surface area contributed by atoms with Crippen LogP contribution in [0.2, 0.25) is 0 Å². The Morgan fingerprint density at radius 2 is 1.72 bits per heavy atom. The third kappa shape index (κ3) is 4.57. The van der Waals surface area contributed by atoms with Crippen molar-refractivity contribution >= 4 is 22.9 Å². The molecule has 4 nitrogen and oxygen atoms in total. The molecule has 1 amide bonds. The molecule has 0 aliphatic carbocycles. The number of hydrogen-bond acceptors (Lipinski definition) is 4. The van der Waals surface area contributed by atoms with Crippen molar-refractivity contribution in [3.63, 3.8) is 0 Å². The summed E-state index contributed by atoms with van der Waals surface area (Å²) in [6.07, 6.45) is -1.58. The standard InChI is InChI=1S/C17H11F3N2O2S/c18-17(19,20)24-14-3-1-11(2-4-14)12-9-15(25-10-12)16(23)22-13-5-7-21-8-6-13/h1-10H,(H,21,22,23). The van der Waals surface area contributed by atoms with Crippen molar-refractivity contribution in [3.05, 3.63) is 65.1 Å². The predicted molar refractivity (Wildman–Crippen MR) is 88.6 cm³/mol. The summed E-state index contributed by atoms with van der Waals surface area (Å²) in [5.74, 6) is -0.554. The fourth-order valence-corrected chi connectivity index (χ4v) is 2.89. The zero-order chi connectivity index (χ0) is 17.9. The van der Waals surface area contributed by atoms with Crippen LogP contribution in [0.5, 0.6) is 5.75 Å². The van der Waals surface area contributed by atoms with Crippen LogP contribution in [0.3, 0.4) is 0 Å². The number of benzene rings is 1. The van der Waals surface area contributed by atoms with E-state index in [4.69, 9.17) is 0 Å². The van der Waals surface area contributed by atoms with Crippen LogP contribution in [0.4, 0.5) is 18.9 Å². The Balaban J connectivity index is 1.71. The lowest BCUT2D eigenvalue weighted by Gasteiger charge is -2.08. The summed E-state index contributed by atoms with van der Waals surface area (Å²) in [7, 11) is 0. The molecule has 2 aromatic heterocycles. The molecule has 25 heavy (non-hydrogen) atoms. The highest BCUT2D eigenvalue weighted by atomic mass is 32.1. The van der Waals surface area contributed by atoms with E-state index in [1.165, 1.54) is 35.6 Å². The number of alkyl halides is 3. The fourth-order valence-electron chi connectivity index (χ4n) is 2.08. The molecular formula is C17H11F3N2O2S. The molecule has 3 rings (SSSR count). The quantitative estimate of drug-likeness (QED) is 0.712. The topological polar surface area (TPSA) is 51.2 Å². The highest BCUT2D eigenvalue weighted by molar-refractivity contribution is 7.12. The van der Waals surface area contributed by atoms with E-state index in [1.807, 2.05) is 0 Å². The molecule has 0 fully saturated rings. The van der Waals surface area contributed by atoms with Gasteiger partial charge in [0, 0.05) is 18.1 Å². The third-order valence-corrected chi connectivity index (χ3v) is 4.11. The number of carbonyl (C=O) groups excluding carboxylic acids is 1. The first-order chi connectivity index (χ1) is 11.9. The number of hydrogen-bond donors (Lipinski definition) is 1. The van der Waals surface area contributed by atoms with Gasteiger partial charge >= 0.3 is 6.36 Å². The molecule has 0 saturated carbocycles. The maximum absolute atomic E-state index is 12.2. The molecule has 128 valence electrons. The van der Waals surface area contributed by atoms with E-state index in [1.54, 1.807) is 36.0 Å². The van der Waals surface area contributed by atoms with Gasteiger partial charge in [-0.15, -0.1) is 24.5 Å². The molecule has 0 saturated heterocycles. The Hall–Kier alpha value is -2.87. The lowest BCUT2D eigenvalue weighted by molar-refractivity contribution is -0.274. The van der Waals surface area contributed by atoms with Crippen molar-refractivity contribution in [1.29, 1.82) is 0 Å². The van der Waals surface area contributed by atoms with Gasteiger partial charge in [-0.1, -0.05) is 12.1 Å². The molecule has 0 unspecified atom stereocenters. The maximum Gasteiger partial charge on any atom is 0.573 e. The van der Waals surface area contributed by atoms with Crippen molar-refractivity contribution in [1.82, 2.24) is 4.98 Å². The van der Waals surface area contributed by atoms with Crippen LogP contribution in [-0.2, 0) is 0 Å². The molecule has 1 aromatic carbocycles. The third-order valence-electron chi connectivity index (χ3n) is 3.18. The maximum atomic E-state index is 12.2. The molecule has 1 N–H and O–H groups in total. The number of nitrogens with zero attached hydrogens (tertiary/aromatic N) is 1. The van der Waals surface area contributed by atoms with Crippen molar-refractivity contribution in [2.45, 2.75) is 6.36 Å². The summed E-state index contributed by atoms with van der Waals surface area (Å²) in [6, 6.07) is 10.5. The molecule has 0 aliphatic rings. The van der Waals surface area contributed by atoms with Crippen LogP contribution in [0.25, 0.3) is 11.1 Å². The number of carbonyl (C=O) groups is 1. The molecule has 2 heterocycles. The number of halogens is 3. The van der Waals surface area contributed by atoms with E-state index in [-0.39, 0.29) is 11.7 Å². The number of anilines is 1. The number of amides is 1. The van der Waals surface area contributed by atoms with Gasteiger partial charge in [0.05, 0.1) is 4.88 Å². The van der Waals surface area contributed by atoms with Gasteiger partial charge in [-0.2, -0.15) is 0 Å². The van der Waals surface area contributed by atoms with Crippen molar-refractivity contribution in [2.75, 3.05) is 5.32 Å². The van der Waals surface area contributed by atoms with Crippen molar-refractivity contribution < 1.29 is 22.7 Å². The summed E-state index contributed by atoms with van der Waals surface area (Å²) in [6.45, 7) is 0. The minimum absolute atomic E-state index is 0.264. The van der Waals surface area contributed by atoms with Gasteiger partial charge in [-0.25, -0.2) is 0 Å². The van der Waals surface area contributed by atoms with E-state index >= 15 is 0 Å². The van der Waals surface area contributed by atoms with E-state index in [9.17, 15) is 18.0 Å². The number of nitrogens with one attached hydrogen (secondary N) is 1. The molecular weight excluding hydrogens is 353 g/mol. The molecule has 0 bridgehead atoms. The average molecular weight is 364 g/mol. The van der Waals surface area contributed by atoms with E-state index in [0.717, 1.165) is 5.56 Å². The van der Waals surface area contributed by atoms with E-state index in [0.29, 0.717) is 16.1 Å². The number of ether oxygens (including phenoxy) is 1. The highest BCUT2D eigenvalue weighted by Gasteiger charge is 2.30. The largest absolute Gasteiger partial charge is 0.573 e. The summed E-state index contributed by atoms with van der Waals surface area (Å²) < 4.78 is 40.3. The molecule has 0 spiro atoms. The normalized spacial score (nSPS) is 11.2. The second-order valence-electron chi connectivity index (χ2n) is 4.96. The smallest absolute Gasteiger partial charge is 0.406 e. The minimum atomic E-state index is -4.72. The lowest BCUT2D eigenvalue weighted by Crippen LogP contribution is -2.16. The van der Waals surface area contributed by atoms with Gasteiger partial charge in [0.1, 0.15) is 5.75 Å². The summed E-state index contributed by atoms with van der Waals surface area (Å²) in [5, 5.41) is 4.51. The monoisotopic (exact) mass is 364 g/mol. The Bertz CT molecular complexity index is 862. The highest BCUT2D eigenvalue weighted by Crippen LogP contribution is 2.29. The Morgan fingerprint density at radius 1 is 1.04 bits per heavy atom. The zero-order valence-electron chi connectivity index (χ0n) is 12.6. The van der Waals surface area contributed by atoms with Crippen LogP contribution in [0.1, 0.15) is 9.67 Å². The number of aromatic nitrogens is 1. The van der Waals surface area contributed by atoms with E-state index < -0.39 is 6.36 Å². The fraction of sp³-hybridized carbons (Fsp3) is 0.0588. The van der Waals surface area contributed by atoms with Gasteiger partial charge in [0.25, 0.3) is 5.91 Å². The van der Waals surface area contributed by atoms with Crippen LogP contribution in [0.15, 0.2) is 60.2 Å². The van der Waals surface area contributed by atoms with Gasteiger partial charge in [0.15, 0.2) is 0 Å². The summed E-state index contributed by atoms with van der Waals surface area (Å²) in [5.41, 5.74) is 2.06. The van der Waals surface area contributed by atoms with Crippen molar-refractivity contribution in [3.8, 4) is 16.9 Å². The van der Waals surface area contributed by atoms with E-state index in [2.05, 4.69) is 15.0 Å². The Morgan fingerprint density at radius 3 is 2.36 bits per heavy atom. The Kier molecular flexibility index (Phi) is 4.71. The number of rotatable bonds is 4. The predicted octanol–water partition coefficient (Wildman–Crippen LogP) is 4.96. The SMILES string of the molecule is O=C(Nc1ccncc1)c1cc(-c2ccc(OC(F)(F)F)cc2)cs1. The molecule has 3 aromatic rings. The van der Waals surface area contributed by atoms with Gasteiger partial charge in [-0.3, -0.25) is 9.78 Å². The molecule has 0 radical (unpaired) electrons. The minimum Gasteiger partial charge on any atom is -0.406 e. The lowest BCUT2D eigenvalue weighted by atomic mass is 10.1. The molecule has 0 atom stereocenters. The van der Waals surface area contributed by atoms with Gasteiger partial charge < -0.3 is 10.1 Å². The average Bonchev–Trinajstić information content (AvgIpc) is 3.05. The van der Waals surface area contributed by atoms with Crippen molar-refractivity contribution in [2.24, 2.45) is 0 Å². The number of pyridine rings is 1. The van der Waals surface area contributed by atoms with Crippen LogP contribution in [0, 0.1) is 0 Å².